The summed E-state index contributed by atoms with van der Waals surface area (Å²) in [6, 6.07) is 12.9. The molecule has 2 radical (unpaired) electrons. The zero-order valence-electron chi connectivity index (χ0n) is 12.6. The van der Waals surface area contributed by atoms with Crippen molar-refractivity contribution in [1.29, 1.82) is 0 Å². The van der Waals surface area contributed by atoms with Gasteiger partial charge in [0.25, 0.3) is 5.91 Å². The lowest BCUT2D eigenvalue weighted by Gasteiger charge is -2.10. The van der Waals surface area contributed by atoms with Crippen LogP contribution in [0.15, 0.2) is 59.7 Å². The number of hydrogen-bond acceptors (Lipinski definition) is 2. The number of aromatic nitrogens is 2. The number of H-pyrrole nitrogens is 2. The second-order valence-corrected chi connectivity index (χ2v) is 6.16. The van der Waals surface area contributed by atoms with Gasteiger partial charge in [-0.05, 0) is 29.7 Å². The van der Waals surface area contributed by atoms with Crippen LogP contribution in [0.25, 0.3) is 21.8 Å². The van der Waals surface area contributed by atoms with Gasteiger partial charge in [0.15, 0.2) is 16.3 Å². The summed E-state index contributed by atoms with van der Waals surface area (Å²) in [7, 11) is 0. The SMILES string of the molecule is O=C(Nc1cc2[nH]ccc2c[c]1[Al])c1c[nH]c2ccccc2c1=O. The molecular formula is C18H12AlN3O2. The van der Waals surface area contributed by atoms with Crippen LogP contribution >= 0.6 is 0 Å². The van der Waals surface area contributed by atoms with E-state index in [9.17, 15) is 9.59 Å². The molecule has 0 unspecified atom stereocenters. The minimum atomic E-state index is -0.434. The number of aromatic amines is 2. The van der Waals surface area contributed by atoms with E-state index >= 15 is 0 Å². The van der Waals surface area contributed by atoms with Crippen molar-refractivity contribution in [1.82, 2.24) is 9.97 Å². The summed E-state index contributed by atoms with van der Waals surface area (Å²) in [5.74, 6) is -0.434. The van der Waals surface area contributed by atoms with Gasteiger partial charge in [-0.2, -0.15) is 0 Å². The Morgan fingerprint density at radius 3 is 2.75 bits per heavy atom. The molecule has 0 bridgehead atoms. The van der Waals surface area contributed by atoms with Gasteiger partial charge in [-0.15, -0.1) is 4.43 Å². The molecule has 0 aliphatic carbocycles. The van der Waals surface area contributed by atoms with Crippen LogP contribution in [0.4, 0.5) is 5.69 Å². The summed E-state index contributed by atoms with van der Waals surface area (Å²) < 4.78 is 0.854. The van der Waals surface area contributed by atoms with Crippen molar-refractivity contribution in [2.75, 3.05) is 5.32 Å². The highest BCUT2D eigenvalue weighted by Gasteiger charge is 2.14. The maximum absolute atomic E-state index is 12.6. The minimum absolute atomic E-state index is 0.0877. The maximum atomic E-state index is 12.6. The summed E-state index contributed by atoms with van der Waals surface area (Å²) in [6.07, 6.45) is 3.30. The molecule has 0 aliphatic rings. The molecule has 3 N–H and O–H groups in total. The molecule has 4 rings (SSSR count). The van der Waals surface area contributed by atoms with E-state index in [0.29, 0.717) is 16.6 Å². The third kappa shape index (κ3) is 2.42. The first-order valence-corrected chi connectivity index (χ1v) is 7.99. The van der Waals surface area contributed by atoms with Gasteiger partial charge in [-0.1, -0.05) is 18.2 Å². The molecule has 0 aliphatic heterocycles. The van der Waals surface area contributed by atoms with E-state index in [0.717, 1.165) is 15.3 Å². The highest BCUT2D eigenvalue weighted by molar-refractivity contribution is 6.37. The number of rotatable bonds is 2. The van der Waals surface area contributed by atoms with Crippen LogP contribution in [0.3, 0.4) is 0 Å². The van der Waals surface area contributed by atoms with Gasteiger partial charge in [0.1, 0.15) is 5.56 Å². The van der Waals surface area contributed by atoms with Gasteiger partial charge >= 0.3 is 0 Å². The number of carbonyl (C=O) groups is 1. The van der Waals surface area contributed by atoms with Crippen LogP contribution in [0.1, 0.15) is 10.4 Å². The lowest BCUT2D eigenvalue weighted by Crippen LogP contribution is -2.24. The first kappa shape index (κ1) is 14.8. The van der Waals surface area contributed by atoms with Gasteiger partial charge < -0.3 is 15.3 Å². The second-order valence-electron chi connectivity index (χ2n) is 5.54. The highest BCUT2D eigenvalue weighted by Crippen LogP contribution is 2.16. The molecule has 0 spiro atoms. The molecule has 0 saturated carbocycles. The van der Waals surface area contributed by atoms with Gasteiger partial charge in [-0.3, -0.25) is 9.59 Å². The van der Waals surface area contributed by atoms with Crippen LogP contribution in [-0.4, -0.2) is 32.2 Å². The third-order valence-corrected chi connectivity index (χ3v) is 4.48. The van der Waals surface area contributed by atoms with Crippen LogP contribution in [0.5, 0.6) is 0 Å². The summed E-state index contributed by atoms with van der Waals surface area (Å²) >= 11 is 2.60. The van der Waals surface area contributed by atoms with E-state index in [1.54, 1.807) is 18.2 Å². The molecule has 1 amide bonds. The van der Waals surface area contributed by atoms with E-state index in [-0.39, 0.29) is 11.0 Å². The summed E-state index contributed by atoms with van der Waals surface area (Å²) in [5, 5.41) is 4.37. The van der Waals surface area contributed by atoms with Crippen LogP contribution in [-0.2, 0) is 0 Å². The molecule has 0 atom stereocenters. The summed E-state index contributed by atoms with van der Waals surface area (Å²) in [5.41, 5.74) is 2.08. The molecule has 2 heterocycles. The molecule has 0 fully saturated rings. The molecule has 24 heavy (non-hydrogen) atoms. The van der Waals surface area contributed by atoms with Crippen molar-refractivity contribution >= 4 is 54.1 Å². The molecular weight excluding hydrogens is 317 g/mol. The Bertz CT molecular complexity index is 1140. The number of carbonyl (C=O) groups excluding carboxylic acids is 1. The third-order valence-electron chi connectivity index (χ3n) is 4.00. The normalized spacial score (nSPS) is 11.0. The number of anilines is 1. The molecule has 2 aromatic heterocycles. The number of benzene rings is 2. The van der Waals surface area contributed by atoms with Crippen LogP contribution < -0.4 is 15.2 Å². The second kappa shape index (κ2) is 5.68. The Hall–Kier alpha value is -2.81. The Morgan fingerprint density at radius 2 is 1.88 bits per heavy atom. The van der Waals surface area contributed by atoms with Gasteiger partial charge in [0, 0.05) is 34.5 Å². The van der Waals surface area contributed by atoms with Crippen molar-refractivity contribution < 1.29 is 4.79 Å². The molecule has 114 valence electrons. The Balaban J connectivity index is 1.74. The number of para-hydroxylation sites is 1. The predicted octanol–water partition coefficient (Wildman–Crippen LogP) is 2.06. The Kier molecular flexibility index (Phi) is 3.49. The zero-order chi connectivity index (χ0) is 16.7. The van der Waals surface area contributed by atoms with E-state index in [1.807, 2.05) is 30.5 Å². The first-order valence-electron chi connectivity index (χ1n) is 7.42. The fourth-order valence-electron chi connectivity index (χ4n) is 2.75. The first-order chi connectivity index (χ1) is 11.6. The minimum Gasteiger partial charge on any atom is -0.361 e. The predicted molar refractivity (Wildman–Crippen MR) is 96.2 cm³/mol. The van der Waals surface area contributed by atoms with Crippen molar-refractivity contribution in [3.8, 4) is 0 Å². The maximum Gasteiger partial charge on any atom is 0.261 e. The number of pyridine rings is 1. The molecule has 5 nitrogen and oxygen atoms in total. The van der Waals surface area contributed by atoms with Crippen molar-refractivity contribution in [3.63, 3.8) is 0 Å². The van der Waals surface area contributed by atoms with Crippen LogP contribution in [0.2, 0.25) is 0 Å². The summed E-state index contributed by atoms with van der Waals surface area (Å²) in [4.78, 5) is 31.2. The fourth-order valence-corrected chi connectivity index (χ4v) is 3.09. The largest absolute Gasteiger partial charge is 0.361 e. The van der Waals surface area contributed by atoms with Crippen molar-refractivity contribution in [2.45, 2.75) is 0 Å². The monoisotopic (exact) mass is 329 g/mol. The van der Waals surface area contributed by atoms with E-state index in [4.69, 9.17) is 0 Å². The Labute approximate surface area is 145 Å². The van der Waals surface area contributed by atoms with Crippen molar-refractivity contribution in [3.05, 3.63) is 70.6 Å². The van der Waals surface area contributed by atoms with Gasteiger partial charge in [0.2, 0.25) is 5.43 Å². The lowest BCUT2D eigenvalue weighted by atomic mass is 10.1. The fraction of sp³-hybridized carbons (Fsp3) is 0. The van der Waals surface area contributed by atoms with Crippen molar-refractivity contribution in [2.24, 2.45) is 0 Å². The number of nitrogens with one attached hydrogen (secondary N) is 3. The van der Waals surface area contributed by atoms with E-state index in [2.05, 4.69) is 31.6 Å². The average molecular weight is 329 g/mol. The molecule has 6 heteroatoms. The number of hydrogen-bond donors (Lipinski definition) is 3. The smallest absolute Gasteiger partial charge is 0.261 e. The van der Waals surface area contributed by atoms with E-state index in [1.165, 1.54) is 6.20 Å². The van der Waals surface area contributed by atoms with E-state index < -0.39 is 5.91 Å². The zero-order valence-corrected chi connectivity index (χ0v) is 13.7. The molecule has 0 saturated heterocycles. The highest BCUT2D eigenvalue weighted by atomic mass is 27.0. The lowest BCUT2D eigenvalue weighted by molar-refractivity contribution is 0.102. The molecule has 4 aromatic rings. The van der Waals surface area contributed by atoms with Gasteiger partial charge in [0.05, 0.1) is 0 Å². The van der Waals surface area contributed by atoms with Gasteiger partial charge in [-0.25, -0.2) is 0 Å². The number of amides is 1. The molecule has 2 aromatic carbocycles. The quantitative estimate of drug-likeness (QED) is 0.492. The number of fused-ring (bicyclic) bond motifs is 2. The average Bonchev–Trinajstić information content (AvgIpc) is 3.02. The Morgan fingerprint density at radius 1 is 1.04 bits per heavy atom. The standard InChI is InChI=1S/C18H12N3O2.Al/c22-17-13-3-1-2-4-15(13)20-10-14(17)18(23)21-12-6-5-11-7-8-19-16(11)9-12;/h1-5,7-10,19H,(H,20,22)(H,21,23);. The van der Waals surface area contributed by atoms with Crippen LogP contribution in [0, 0.1) is 0 Å². The topological polar surface area (TPSA) is 77.8 Å². The summed E-state index contributed by atoms with van der Waals surface area (Å²) in [6.45, 7) is 0.